The fraction of sp³-hybridized carbons (Fsp3) is 0.600. The topological polar surface area (TPSA) is 50.1 Å². The minimum absolute atomic E-state index is 0.678. The highest BCUT2D eigenvalue weighted by molar-refractivity contribution is 5.18. The van der Waals surface area contributed by atoms with Gasteiger partial charge in [0.05, 0.1) is 0 Å². The van der Waals surface area contributed by atoms with Gasteiger partial charge in [-0.15, -0.1) is 0 Å². The Hall–Kier alpha value is -1.12. The summed E-state index contributed by atoms with van der Waals surface area (Å²) in [5.41, 5.74) is 12.7. The van der Waals surface area contributed by atoms with E-state index in [9.17, 15) is 0 Å². The SMILES string of the molecule is CCCCCCC1=CC=C(N)NN1. The van der Waals surface area contributed by atoms with Crippen molar-refractivity contribution in [2.45, 2.75) is 39.0 Å². The molecule has 74 valence electrons. The molecule has 0 aliphatic carbocycles. The van der Waals surface area contributed by atoms with Crippen LogP contribution >= 0.6 is 0 Å². The van der Waals surface area contributed by atoms with Crippen LogP contribution in [0.5, 0.6) is 0 Å². The predicted octanol–water partition coefficient (Wildman–Crippen LogP) is 1.75. The molecule has 0 saturated carbocycles. The summed E-state index contributed by atoms with van der Waals surface area (Å²) in [5.74, 6) is 0.678. The molecule has 0 aromatic heterocycles. The number of nitrogens with one attached hydrogen (secondary N) is 2. The summed E-state index contributed by atoms with van der Waals surface area (Å²) in [6.45, 7) is 2.23. The molecule has 0 fully saturated rings. The van der Waals surface area contributed by atoms with Crippen molar-refractivity contribution in [2.75, 3.05) is 0 Å². The molecule has 1 rings (SSSR count). The first-order valence-electron chi connectivity index (χ1n) is 5.01. The second-order valence-corrected chi connectivity index (χ2v) is 3.37. The summed E-state index contributed by atoms with van der Waals surface area (Å²) < 4.78 is 0. The maximum Gasteiger partial charge on any atom is 0.115 e. The van der Waals surface area contributed by atoms with Gasteiger partial charge in [-0.2, -0.15) is 0 Å². The Morgan fingerprint density at radius 3 is 2.62 bits per heavy atom. The number of nitrogens with two attached hydrogens (primary N) is 1. The van der Waals surface area contributed by atoms with E-state index in [4.69, 9.17) is 5.73 Å². The van der Waals surface area contributed by atoms with E-state index in [1.54, 1.807) is 0 Å². The molecule has 0 aromatic rings. The molecule has 4 N–H and O–H groups in total. The second-order valence-electron chi connectivity index (χ2n) is 3.37. The number of unbranched alkanes of at least 4 members (excludes halogenated alkanes) is 3. The van der Waals surface area contributed by atoms with Gasteiger partial charge in [0.25, 0.3) is 0 Å². The minimum atomic E-state index is 0.678. The molecule has 0 bridgehead atoms. The summed E-state index contributed by atoms with van der Waals surface area (Å²) in [6, 6.07) is 0. The summed E-state index contributed by atoms with van der Waals surface area (Å²) in [5, 5.41) is 0. The van der Waals surface area contributed by atoms with Crippen LogP contribution in [0.2, 0.25) is 0 Å². The lowest BCUT2D eigenvalue weighted by molar-refractivity contribution is 0.597. The lowest BCUT2D eigenvalue weighted by Gasteiger charge is -2.16. The van der Waals surface area contributed by atoms with Gasteiger partial charge in [-0.1, -0.05) is 26.2 Å². The Labute approximate surface area is 80.0 Å². The Bertz CT molecular complexity index is 206. The Morgan fingerprint density at radius 1 is 1.15 bits per heavy atom. The van der Waals surface area contributed by atoms with Crippen molar-refractivity contribution in [3.8, 4) is 0 Å². The molecule has 0 atom stereocenters. The maximum atomic E-state index is 5.52. The summed E-state index contributed by atoms with van der Waals surface area (Å²) in [6.07, 6.45) is 10.2. The zero-order chi connectivity index (χ0) is 9.52. The molecule has 0 spiro atoms. The third kappa shape index (κ3) is 3.87. The molecule has 1 aliphatic heterocycles. The van der Waals surface area contributed by atoms with Crippen molar-refractivity contribution in [3.05, 3.63) is 23.7 Å². The van der Waals surface area contributed by atoms with Crippen LogP contribution in [0.3, 0.4) is 0 Å². The lowest BCUT2D eigenvalue weighted by Crippen LogP contribution is -2.36. The summed E-state index contributed by atoms with van der Waals surface area (Å²) in [4.78, 5) is 0. The van der Waals surface area contributed by atoms with Gasteiger partial charge in [-0.25, -0.2) is 0 Å². The number of allylic oxidation sites excluding steroid dienone is 3. The smallest absolute Gasteiger partial charge is 0.115 e. The van der Waals surface area contributed by atoms with Crippen LogP contribution in [0, 0.1) is 0 Å². The number of hydrogen-bond acceptors (Lipinski definition) is 3. The first-order valence-corrected chi connectivity index (χ1v) is 5.01. The van der Waals surface area contributed by atoms with E-state index >= 15 is 0 Å². The molecular weight excluding hydrogens is 162 g/mol. The molecule has 0 aromatic carbocycles. The van der Waals surface area contributed by atoms with Crippen molar-refractivity contribution in [1.82, 2.24) is 10.9 Å². The zero-order valence-corrected chi connectivity index (χ0v) is 8.27. The predicted molar refractivity (Wildman–Crippen MR) is 55.4 cm³/mol. The van der Waals surface area contributed by atoms with Crippen LogP contribution in [0.15, 0.2) is 23.7 Å². The zero-order valence-electron chi connectivity index (χ0n) is 8.27. The van der Waals surface area contributed by atoms with Gasteiger partial charge in [0.2, 0.25) is 0 Å². The fourth-order valence-electron chi connectivity index (χ4n) is 1.31. The van der Waals surface area contributed by atoms with E-state index in [0.717, 1.165) is 6.42 Å². The van der Waals surface area contributed by atoms with Crippen LogP contribution in [0.25, 0.3) is 0 Å². The Kier molecular flexibility index (Phi) is 4.23. The normalized spacial score (nSPS) is 15.5. The van der Waals surface area contributed by atoms with Crippen LogP contribution < -0.4 is 16.6 Å². The van der Waals surface area contributed by atoms with Gasteiger partial charge in [0, 0.05) is 5.70 Å². The van der Waals surface area contributed by atoms with Crippen LogP contribution in [0.4, 0.5) is 0 Å². The van der Waals surface area contributed by atoms with Crippen LogP contribution in [0.1, 0.15) is 39.0 Å². The molecule has 0 saturated heterocycles. The fourth-order valence-corrected chi connectivity index (χ4v) is 1.31. The van der Waals surface area contributed by atoms with E-state index in [1.165, 1.54) is 31.4 Å². The van der Waals surface area contributed by atoms with E-state index in [0.29, 0.717) is 5.82 Å². The molecule has 3 nitrogen and oxygen atoms in total. The average Bonchev–Trinajstić information content (AvgIpc) is 2.15. The highest BCUT2D eigenvalue weighted by Crippen LogP contribution is 2.09. The van der Waals surface area contributed by atoms with Crippen molar-refractivity contribution in [2.24, 2.45) is 5.73 Å². The average molecular weight is 181 g/mol. The molecular formula is C10H19N3. The monoisotopic (exact) mass is 181 g/mol. The van der Waals surface area contributed by atoms with Gasteiger partial charge in [0.1, 0.15) is 5.82 Å². The third-order valence-corrected chi connectivity index (χ3v) is 2.13. The number of hydrazine groups is 1. The van der Waals surface area contributed by atoms with E-state index in [2.05, 4.69) is 17.8 Å². The van der Waals surface area contributed by atoms with Crippen molar-refractivity contribution in [1.29, 1.82) is 0 Å². The van der Waals surface area contributed by atoms with Crippen molar-refractivity contribution in [3.63, 3.8) is 0 Å². The lowest BCUT2D eigenvalue weighted by atomic mass is 10.1. The quantitative estimate of drug-likeness (QED) is 0.566. The summed E-state index contributed by atoms with van der Waals surface area (Å²) >= 11 is 0. The minimum Gasteiger partial charge on any atom is -0.384 e. The van der Waals surface area contributed by atoms with E-state index < -0.39 is 0 Å². The Balaban J connectivity index is 2.15. The molecule has 0 radical (unpaired) electrons. The van der Waals surface area contributed by atoms with Crippen molar-refractivity contribution >= 4 is 0 Å². The maximum absolute atomic E-state index is 5.52. The molecule has 3 heteroatoms. The van der Waals surface area contributed by atoms with Gasteiger partial charge < -0.3 is 11.2 Å². The highest BCUT2D eigenvalue weighted by Gasteiger charge is 2.00. The number of rotatable bonds is 5. The molecule has 13 heavy (non-hydrogen) atoms. The molecule has 1 aliphatic rings. The first-order chi connectivity index (χ1) is 6.33. The molecule has 1 heterocycles. The van der Waals surface area contributed by atoms with Gasteiger partial charge in [-0.05, 0) is 25.0 Å². The summed E-state index contributed by atoms with van der Waals surface area (Å²) in [7, 11) is 0. The van der Waals surface area contributed by atoms with E-state index in [1.807, 2.05) is 12.2 Å². The highest BCUT2D eigenvalue weighted by atomic mass is 15.4. The van der Waals surface area contributed by atoms with Crippen LogP contribution in [-0.4, -0.2) is 0 Å². The molecule has 0 unspecified atom stereocenters. The second kappa shape index (κ2) is 5.51. The van der Waals surface area contributed by atoms with Crippen molar-refractivity contribution < 1.29 is 0 Å². The first kappa shape index (κ1) is 9.96. The van der Waals surface area contributed by atoms with Gasteiger partial charge in [-0.3, -0.25) is 5.43 Å². The Morgan fingerprint density at radius 2 is 2.00 bits per heavy atom. The van der Waals surface area contributed by atoms with E-state index in [-0.39, 0.29) is 0 Å². The third-order valence-electron chi connectivity index (χ3n) is 2.13. The van der Waals surface area contributed by atoms with Gasteiger partial charge >= 0.3 is 0 Å². The largest absolute Gasteiger partial charge is 0.384 e. The van der Waals surface area contributed by atoms with Gasteiger partial charge in [0.15, 0.2) is 0 Å². The number of hydrogen-bond donors (Lipinski definition) is 3. The standard InChI is InChI=1S/C10H19N3/c1-2-3-4-5-6-9-7-8-10(11)13-12-9/h7-8,12-13H,2-6,11H2,1H3. The van der Waals surface area contributed by atoms with Crippen LogP contribution in [-0.2, 0) is 0 Å². The molecule has 0 amide bonds.